The fraction of sp³-hybridized carbons (Fsp3) is 0.333. The lowest BCUT2D eigenvalue weighted by Gasteiger charge is -2.25. The number of phenols is 3. The van der Waals surface area contributed by atoms with E-state index >= 15 is 0 Å². The van der Waals surface area contributed by atoms with Gasteiger partial charge in [0.15, 0.2) is 11.5 Å². The Labute approximate surface area is 116 Å². The molecule has 20 heavy (non-hydrogen) atoms. The highest BCUT2D eigenvalue weighted by atomic mass is 16.3. The molecule has 1 rings (SSSR count). The van der Waals surface area contributed by atoms with Crippen molar-refractivity contribution in [3.63, 3.8) is 0 Å². The maximum absolute atomic E-state index is 12.0. The van der Waals surface area contributed by atoms with Gasteiger partial charge in [0.25, 0.3) is 0 Å². The SMILES string of the molecule is CCNC(=O)N(C(=N)N)c1c(C)c(O)c(O)c(O)c1C. The van der Waals surface area contributed by atoms with Crippen molar-refractivity contribution in [3.8, 4) is 17.2 Å². The number of urea groups is 1. The zero-order chi connectivity index (χ0) is 15.6. The molecule has 0 saturated heterocycles. The van der Waals surface area contributed by atoms with Crippen molar-refractivity contribution in [2.45, 2.75) is 20.8 Å². The maximum atomic E-state index is 12.0. The second-order valence-electron chi connectivity index (χ2n) is 4.20. The van der Waals surface area contributed by atoms with Crippen LogP contribution in [0.5, 0.6) is 17.2 Å². The van der Waals surface area contributed by atoms with Crippen LogP contribution in [0.1, 0.15) is 18.1 Å². The lowest BCUT2D eigenvalue weighted by atomic mass is 10.0. The van der Waals surface area contributed by atoms with Gasteiger partial charge in [-0.05, 0) is 20.8 Å². The van der Waals surface area contributed by atoms with E-state index in [2.05, 4.69) is 5.32 Å². The van der Waals surface area contributed by atoms with Crippen LogP contribution < -0.4 is 16.0 Å². The number of phenolic OH excluding ortho intramolecular Hbond substituents is 3. The minimum absolute atomic E-state index is 0.0521. The van der Waals surface area contributed by atoms with Crippen LogP contribution in [-0.4, -0.2) is 33.9 Å². The highest BCUT2D eigenvalue weighted by molar-refractivity contribution is 6.15. The summed E-state index contributed by atoms with van der Waals surface area (Å²) in [5, 5.41) is 39.0. The van der Waals surface area contributed by atoms with Gasteiger partial charge in [-0.3, -0.25) is 5.41 Å². The summed E-state index contributed by atoms with van der Waals surface area (Å²) in [5.74, 6) is -2.40. The zero-order valence-electron chi connectivity index (χ0n) is 11.5. The molecular weight excluding hydrogens is 264 g/mol. The molecule has 2 amide bonds. The number of rotatable bonds is 2. The third kappa shape index (κ3) is 2.40. The van der Waals surface area contributed by atoms with E-state index in [-0.39, 0.29) is 16.8 Å². The van der Waals surface area contributed by atoms with E-state index < -0.39 is 29.2 Å². The molecule has 0 aliphatic rings. The third-order valence-corrected chi connectivity index (χ3v) is 2.87. The normalized spacial score (nSPS) is 10.2. The molecule has 0 spiro atoms. The number of benzene rings is 1. The van der Waals surface area contributed by atoms with Crippen LogP contribution >= 0.6 is 0 Å². The molecule has 0 fully saturated rings. The van der Waals surface area contributed by atoms with Crippen molar-refractivity contribution in [1.82, 2.24) is 5.32 Å². The molecule has 0 atom stereocenters. The Hall–Kier alpha value is -2.64. The Morgan fingerprint density at radius 3 is 2.00 bits per heavy atom. The number of nitrogens with two attached hydrogens (primary N) is 1. The first-order valence-electron chi connectivity index (χ1n) is 5.90. The van der Waals surface area contributed by atoms with Gasteiger partial charge in [0.1, 0.15) is 0 Å². The van der Waals surface area contributed by atoms with Crippen molar-refractivity contribution in [2.24, 2.45) is 5.73 Å². The van der Waals surface area contributed by atoms with Gasteiger partial charge in [-0.1, -0.05) is 0 Å². The molecule has 7 N–H and O–H groups in total. The number of carbonyl (C=O) groups excluding carboxylic acids is 1. The van der Waals surface area contributed by atoms with E-state index in [4.69, 9.17) is 11.1 Å². The number of carbonyl (C=O) groups is 1. The summed E-state index contributed by atoms with van der Waals surface area (Å²) in [6, 6.07) is -0.671. The molecule has 0 saturated carbocycles. The zero-order valence-corrected chi connectivity index (χ0v) is 11.5. The van der Waals surface area contributed by atoms with E-state index in [1.165, 1.54) is 13.8 Å². The number of nitrogens with zero attached hydrogens (tertiary/aromatic N) is 1. The van der Waals surface area contributed by atoms with Crippen LogP contribution in [0, 0.1) is 19.3 Å². The monoisotopic (exact) mass is 282 g/mol. The molecule has 1 aromatic carbocycles. The van der Waals surface area contributed by atoms with Gasteiger partial charge in [-0.25, -0.2) is 9.69 Å². The Bertz CT molecular complexity index is 542. The summed E-state index contributed by atoms with van der Waals surface area (Å²) in [7, 11) is 0. The summed E-state index contributed by atoms with van der Waals surface area (Å²) < 4.78 is 0. The van der Waals surface area contributed by atoms with Crippen molar-refractivity contribution in [2.75, 3.05) is 11.4 Å². The molecule has 8 nitrogen and oxygen atoms in total. The van der Waals surface area contributed by atoms with E-state index in [0.717, 1.165) is 4.90 Å². The highest BCUT2D eigenvalue weighted by Gasteiger charge is 2.27. The van der Waals surface area contributed by atoms with E-state index in [0.29, 0.717) is 6.54 Å². The van der Waals surface area contributed by atoms with Crippen LogP contribution in [0.4, 0.5) is 10.5 Å². The Balaban J connectivity index is 3.57. The summed E-state index contributed by atoms with van der Waals surface area (Å²) in [4.78, 5) is 12.8. The molecule has 110 valence electrons. The minimum atomic E-state index is -0.678. The van der Waals surface area contributed by atoms with Crippen LogP contribution in [0.25, 0.3) is 0 Å². The van der Waals surface area contributed by atoms with Crippen LogP contribution in [0.3, 0.4) is 0 Å². The van der Waals surface area contributed by atoms with Crippen molar-refractivity contribution in [3.05, 3.63) is 11.1 Å². The molecule has 0 bridgehead atoms. The number of nitrogens with one attached hydrogen (secondary N) is 2. The molecule has 0 aromatic heterocycles. The minimum Gasteiger partial charge on any atom is -0.504 e. The number of amides is 2. The lowest BCUT2D eigenvalue weighted by Crippen LogP contribution is -2.47. The molecule has 1 aromatic rings. The van der Waals surface area contributed by atoms with Crippen molar-refractivity contribution >= 4 is 17.7 Å². The molecule has 0 unspecified atom stereocenters. The molecular formula is C12H18N4O4. The molecule has 0 heterocycles. The second kappa shape index (κ2) is 5.55. The standard InChI is InChI=1S/C12H18N4O4/c1-4-15-12(20)16(11(13)14)7-5(2)8(17)10(19)9(18)6(7)3/h17-19H,4H2,1-3H3,(H3,13,14)(H,15,20). The number of hydrogen-bond acceptors (Lipinski definition) is 5. The first kappa shape index (κ1) is 15.4. The van der Waals surface area contributed by atoms with Gasteiger partial charge in [-0.2, -0.15) is 0 Å². The van der Waals surface area contributed by atoms with Gasteiger partial charge in [0.05, 0.1) is 5.69 Å². The van der Waals surface area contributed by atoms with Crippen LogP contribution in [0.2, 0.25) is 0 Å². The highest BCUT2D eigenvalue weighted by Crippen LogP contribution is 2.46. The van der Waals surface area contributed by atoms with Gasteiger partial charge >= 0.3 is 6.03 Å². The Morgan fingerprint density at radius 1 is 1.20 bits per heavy atom. The summed E-state index contributed by atoms with van der Waals surface area (Å²) in [6.45, 7) is 4.89. The first-order valence-corrected chi connectivity index (χ1v) is 5.90. The fourth-order valence-electron chi connectivity index (χ4n) is 1.87. The molecule has 0 aliphatic carbocycles. The Kier molecular flexibility index (Phi) is 4.28. The van der Waals surface area contributed by atoms with Crippen molar-refractivity contribution < 1.29 is 20.1 Å². The Morgan fingerprint density at radius 2 is 1.65 bits per heavy atom. The second-order valence-corrected chi connectivity index (χ2v) is 4.20. The maximum Gasteiger partial charge on any atom is 0.328 e. The summed E-state index contributed by atoms with van der Waals surface area (Å²) in [5.41, 5.74) is 5.70. The average molecular weight is 282 g/mol. The van der Waals surface area contributed by atoms with E-state index in [1.54, 1.807) is 6.92 Å². The van der Waals surface area contributed by atoms with Gasteiger partial charge in [0, 0.05) is 17.7 Å². The predicted molar refractivity (Wildman–Crippen MR) is 74.4 cm³/mol. The fourth-order valence-corrected chi connectivity index (χ4v) is 1.87. The molecule has 0 radical (unpaired) electrons. The third-order valence-electron chi connectivity index (χ3n) is 2.87. The molecule has 8 heteroatoms. The number of aromatic hydroxyl groups is 3. The van der Waals surface area contributed by atoms with Gasteiger partial charge < -0.3 is 26.4 Å². The van der Waals surface area contributed by atoms with Crippen molar-refractivity contribution in [1.29, 1.82) is 5.41 Å². The number of hydrogen-bond donors (Lipinski definition) is 6. The summed E-state index contributed by atoms with van der Waals surface area (Å²) in [6.07, 6.45) is 0. The topological polar surface area (TPSA) is 143 Å². The van der Waals surface area contributed by atoms with Gasteiger partial charge in [0.2, 0.25) is 11.7 Å². The predicted octanol–water partition coefficient (Wildman–Crippen LogP) is 0.850. The number of guanidine groups is 1. The largest absolute Gasteiger partial charge is 0.504 e. The van der Waals surface area contributed by atoms with Gasteiger partial charge in [-0.15, -0.1) is 0 Å². The quantitative estimate of drug-likeness (QED) is 0.271. The summed E-state index contributed by atoms with van der Waals surface area (Å²) >= 11 is 0. The first-order chi connectivity index (χ1) is 9.23. The van der Waals surface area contributed by atoms with Crippen LogP contribution in [-0.2, 0) is 0 Å². The lowest BCUT2D eigenvalue weighted by molar-refractivity contribution is 0.249. The average Bonchev–Trinajstić information content (AvgIpc) is 2.38. The molecule has 0 aliphatic heterocycles. The number of anilines is 1. The smallest absolute Gasteiger partial charge is 0.328 e. The van der Waals surface area contributed by atoms with E-state index in [9.17, 15) is 20.1 Å². The van der Waals surface area contributed by atoms with Crippen LogP contribution in [0.15, 0.2) is 0 Å². The van der Waals surface area contributed by atoms with E-state index in [1.807, 2.05) is 0 Å².